The van der Waals surface area contributed by atoms with E-state index in [1.54, 1.807) is 6.20 Å². The Bertz CT molecular complexity index is 929. The molecule has 1 saturated heterocycles. The molecule has 0 radical (unpaired) electrons. The van der Waals surface area contributed by atoms with Crippen LogP contribution in [0.2, 0.25) is 0 Å². The number of benzene rings is 2. The first kappa shape index (κ1) is 18.2. The first-order valence-corrected chi connectivity index (χ1v) is 9.10. The predicted molar refractivity (Wildman–Crippen MR) is 103 cm³/mol. The average Bonchev–Trinajstić information content (AvgIpc) is 2.72. The van der Waals surface area contributed by atoms with Crippen molar-refractivity contribution in [1.82, 2.24) is 20.1 Å². The zero-order valence-corrected chi connectivity index (χ0v) is 15.2. The monoisotopic (exact) mass is 382 g/mol. The number of nitrogens with zero attached hydrogens (tertiary/aromatic N) is 5. The van der Waals surface area contributed by atoms with Crippen LogP contribution in [0.5, 0.6) is 0 Å². The SMILES string of the molecule is Fc1ccc(Nc2nncc(N3CCN(Cc4ccccc4)CC3)n2)c(F)c1. The smallest absolute Gasteiger partial charge is 0.249 e. The second-order valence-electron chi connectivity index (χ2n) is 6.64. The van der Waals surface area contributed by atoms with Crippen LogP contribution in [0.1, 0.15) is 5.56 Å². The minimum absolute atomic E-state index is 0.105. The number of rotatable bonds is 5. The molecule has 1 N–H and O–H groups in total. The molecule has 4 rings (SSSR count). The molecule has 0 spiro atoms. The number of nitrogens with one attached hydrogen (secondary N) is 1. The molecule has 0 bridgehead atoms. The second-order valence-corrected chi connectivity index (χ2v) is 6.64. The summed E-state index contributed by atoms with van der Waals surface area (Å²) >= 11 is 0. The summed E-state index contributed by atoms with van der Waals surface area (Å²) in [5, 5.41) is 10.6. The van der Waals surface area contributed by atoms with Crippen LogP contribution in [0.3, 0.4) is 0 Å². The van der Waals surface area contributed by atoms with Gasteiger partial charge in [0.2, 0.25) is 5.95 Å². The van der Waals surface area contributed by atoms with Crippen molar-refractivity contribution >= 4 is 17.5 Å². The molecule has 0 unspecified atom stereocenters. The van der Waals surface area contributed by atoms with Gasteiger partial charge in [0, 0.05) is 38.8 Å². The fraction of sp³-hybridized carbons (Fsp3) is 0.250. The Labute approximate surface area is 161 Å². The fourth-order valence-electron chi connectivity index (χ4n) is 3.19. The van der Waals surface area contributed by atoms with Gasteiger partial charge in [-0.1, -0.05) is 30.3 Å². The van der Waals surface area contributed by atoms with Crippen LogP contribution in [0.15, 0.2) is 54.7 Å². The summed E-state index contributed by atoms with van der Waals surface area (Å²) in [7, 11) is 0. The van der Waals surface area contributed by atoms with Crippen molar-refractivity contribution in [1.29, 1.82) is 0 Å². The van der Waals surface area contributed by atoms with Crippen molar-refractivity contribution < 1.29 is 8.78 Å². The Morgan fingerprint density at radius 1 is 0.964 bits per heavy atom. The molecule has 0 aliphatic carbocycles. The van der Waals surface area contributed by atoms with E-state index in [1.165, 1.54) is 17.7 Å². The lowest BCUT2D eigenvalue weighted by Crippen LogP contribution is -2.46. The Morgan fingerprint density at radius 2 is 1.75 bits per heavy atom. The highest BCUT2D eigenvalue weighted by molar-refractivity contribution is 5.55. The van der Waals surface area contributed by atoms with Crippen LogP contribution < -0.4 is 10.2 Å². The standard InChI is InChI=1S/C20H20F2N6/c21-16-6-7-18(17(22)12-16)24-20-25-19(13-23-26-20)28-10-8-27(9-11-28)14-15-4-2-1-3-5-15/h1-7,12-13H,8-11,14H2,(H,24,25,26). The first-order valence-electron chi connectivity index (χ1n) is 9.10. The maximum absolute atomic E-state index is 13.8. The Hall–Kier alpha value is -3.13. The van der Waals surface area contributed by atoms with E-state index < -0.39 is 11.6 Å². The molecule has 8 heteroatoms. The summed E-state index contributed by atoms with van der Waals surface area (Å²) in [6.45, 7) is 4.38. The fourth-order valence-corrected chi connectivity index (χ4v) is 3.19. The average molecular weight is 382 g/mol. The summed E-state index contributed by atoms with van der Waals surface area (Å²) in [5.74, 6) is -0.484. The quantitative estimate of drug-likeness (QED) is 0.731. The third kappa shape index (κ3) is 4.40. The molecule has 1 aliphatic heterocycles. The van der Waals surface area contributed by atoms with Crippen molar-refractivity contribution in [3.63, 3.8) is 0 Å². The minimum Gasteiger partial charge on any atom is -0.353 e. The molecule has 0 amide bonds. The Morgan fingerprint density at radius 3 is 2.50 bits per heavy atom. The van der Waals surface area contributed by atoms with Gasteiger partial charge in [0.15, 0.2) is 5.82 Å². The molecule has 2 aromatic carbocycles. The number of piperazine rings is 1. The molecule has 144 valence electrons. The van der Waals surface area contributed by atoms with E-state index in [-0.39, 0.29) is 11.6 Å². The first-order chi connectivity index (χ1) is 13.7. The van der Waals surface area contributed by atoms with E-state index in [0.717, 1.165) is 38.8 Å². The highest BCUT2D eigenvalue weighted by Crippen LogP contribution is 2.20. The Balaban J connectivity index is 1.38. The van der Waals surface area contributed by atoms with Gasteiger partial charge in [-0.05, 0) is 17.7 Å². The highest BCUT2D eigenvalue weighted by Gasteiger charge is 2.19. The van der Waals surface area contributed by atoms with Crippen molar-refractivity contribution in [2.75, 3.05) is 36.4 Å². The van der Waals surface area contributed by atoms with E-state index >= 15 is 0 Å². The summed E-state index contributed by atoms with van der Waals surface area (Å²) in [6, 6.07) is 13.7. The zero-order valence-electron chi connectivity index (χ0n) is 15.2. The van der Waals surface area contributed by atoms with Crippen LogP contribution >= 0.6 is 0 Å². The van der Waals surface area contributed by atoms with Crippen LogP contribution in [0.4, 0.5) is 26.2 Å². The van der Waals surface area contributed by atoms with Crippen LogP contribution in [-0.4, -0.2) is 46.3 Å². The molecule has 1 fully saturated rings. The summed E-state index contributed by atoms with van der Waals surface area (Å²) in [6.07, 6.45) is 1.60. The third-order valence-corrected chi connectivity index (χ3v) is 4.67. The van der Waals surface area contributed by atoms with Gasteiger partial charge in [-0.25, -0.2) is 8.78 Å². The van der Waals surface area contributed by atoms with E-state index in [9.17, 15) is 8.78 Å². The molecule has 1 aromatic heterocycles. The van der Waals surface area contributed by atoms with E-state index in [1.807, 2.05) is 6.07 Å². The molecule has 3 aromatic rings. The number of aromatic nitrogens is 3. The zero-order chi connectivity index (χ0) is 19.3. The maximum atomic E-state index is 13.8. The number of hydrogen-bond donors (Lipinski definition) is 1. The van der Waals surface area contributed by atoms with Gasteiger partial charge < -0.3 is 10.2 Å². The van der Waals surface area contributed by atoms with E-state index in [4.69, 9.17) is 0 Å². The van der Waals surface area contributed by atoms with Gasteiger partial charge in [0.05, 0.1) is 11.9 Å². The number of hydrogen-bond acceptors (Lipinski definition) is 6. The topological polar surface area (TPSA) is 57.2 Å². The van der Waals surface area contributed by atoms with Crippen molar-refractivity contribution in [2.45, 2.75) is 6.54 Å². The second kappa shape index (κ2) is 8.26. The third-order valence-electron chi connectivity index (χ3n) is 4.67. The van der Waals surface area contributed by atoms with Gasteiger partial charge in [0.25, 0.3) is 0 Å². The Kier molecular flexibility index (Phi) is 5.38. The largest absolute Gasteiger partial charge is 0.353 e. The van der Waals surface area contributed by atoms with Gasteiger partial charge in [0.1, 0.15) is 11.6 Å². The van der Waals surface area contributed by atoms with E-state index in [0.29, 0.717) is 5.82 Å². The molecule has 0 atom stereocenters. The molecule has 6 nitrogen and oxygen atoms in total. The highest BCUT2D eigenvalue weighted by atomic mass is 19.1. The predicted octanol–water partition coefficient (Wildman–Crippen LogP) is 3.22. The summed E-state index contributed by atoms with van der Waals surface area (Å²) in [5.41, 5.74) is 1.40. The molecular formula is C20H20F2N6. The van der Waals surface area contributed by atoms with Crippen molar-refractivity contribution in [3.8, 4) is 0 Å². The van der Waals surface area contributed by atoms with Gasteiger partial charge in [-0.15, -0.1) is 5.10 Å². The number of anilines is 3. The maximum Gasteiger partial charge on any atom is 0.249 e. The summed E-state index contributed by atoms with van der Waals surface area (Å²) < 4.78 is 26.9. The lowest BCUT2D eigenvalue weighted by atomic mass is 10.2. The van der Waals surface area contributed by atoms with E-state index in [2.05, 4.69) is 54.6 Å². The van der Waals surface area contributed by atoms with Crippen LogP contribution in [-0.2, 0) is 6.54 Å². The lowest BCUT2D eigenvalue weighted by molar-refractivity contribution is 0.249. The van der Waals surface area contributed by atoms with Crippen LogP contribution in [0, 0.1) is 11.6 Å². The minimum atomic E-state index is -0.705. The molecule has 1 aliphatic rings. The molecule has 0 saturated carbocycles. The normalized spacial score (nSPS) is 14.9. The van der Waals surface area contributed by atoms with Gasteiger partial charge in [-0.2, -0.15) is 10.1 Å². The van der Waals surface area contributed by atoms with Gasteiger partial charge >= 0.3 is 0 Å². The van der Waals surface area contributed by atoms with Crippen molar-refractivity contribution in [3.05, 3.63) is 71.9 Å². The van der Waals surface area contributed by atoms with Crippen molar-refractivity contribution in [2.24, 2.45) is 0 Å². The molecular weight excluding hydrogens is 362 g/mol. The van der Waals surface area contributed by atoms with Gasteiger partial charge in [-0.3, -0.25) is 4.90 Å². The number of halogens is 2. The van der Waals surface area contributed by atoms with Crippen LogP contribution in [0.25, 0.3) is 0 Å². The lowest BCUT2D eigenvalue weighted by Gasteiger charge is -2.35. The summed E-state index contributed by atoms with van der Waals surface area (Å²) in [4.78, 5) is 8.95. The molecule has 28 heavy (non-hydrogen) atoms. The molecule has 2 heterocycles.